The van der Waals surface area contributed by atoms with Crippen molar-refractivity contribution in [1.29, 1.82) is 0 Å². The third kappa shape index (κ3) is 4.53. The Hall–Kier alpha value is -3.01. The maximum Gasteiger partial charge on any atom is 0.151 e. The van der Waals surface area contributed by atoms with E-state index in [-0.39, 0.29) is 5.78 Å². The second kappa shape index (κ2) is 8.99. The normalized spacial score (nSPS) is 13.2. The zero-order chi connectivity index (χ0) is 20.1. The standard InChI is InChI=1S/C25H27N3O/c1-19(29)11-8-9-17-28-18-10-16-22-25(28)27-24(21-14-6-3-7-15-21)23(26-22)20-12-4-2-5-13-20/h2-7,12-15H,8-11,16-18H2,1H3. The molecule has 148 valence electrons. The van der Waals surface area contributed by atoms with Crippen molar-refractivity contribution >= 4 is 11.6 Å². The summed E-state index contributed by atoms with van der Waals surface area (Å²) in [5.74, 6) is 1.28. The fourth-order valence-electron chi connectivity index (χ4n) is 3.91. The van der Waals surface area contributed by atoms with Crippen LogP contribution in [0.4, 0.5) is 5.82 Å². The van der Waals surface area contributed by atoms with Gasteiger partial charge < -0.3 is 9.69 Å². The Bertz CT molecular complexity index is 970. The Kier molecular flexibility index (Phi) is 5.99. The van der Waals surface area contributed by atoms with E-state index < -0.39 is 0 Å². The van der Waals surface area contributed by atoms with E-state index >= 15 is 0 Å². The van der Waals surface area contributed by atoms with Crippen LogP contribution in [-0.4, -0.2) is 28.8 Å². The number of hydrogen-bond donors (Lipinski definition) is 0. The first-order chi connectivity index (χ1) is 14.2. The number of carbonyl (C=O) groups excluding carboxylic acids is 1. The summed E-state index contributed by atoms with van der Waals surface area (Å²) in [7, 11) is 0. The number of aromatic nitrogens is 2. The summed E-state index contributed by atoms with van der Waals surface area (Å²) in [4.78, 5) is 23.8. The molecule has 4 heteroatoms. The summed E-state index contributed by atoms with van der Waals surface area (Å²) < 4.78 is 0. The molecule has 2 aromatic carbocycles. The average Bonchev–Trinajstić information content (AvgIpc) is 2.77. The number of anilines is 1. The number of Topliss-reactive ketones (excluding diaryl/α,β-unsaturated/α-hetero) is 1. The topological polar surface area (TPSA) is 46.1 Å². The van der Waals surface area contributed by atoms with Crippen LogP contribution in [0.2, 0.25) is 0 Å². The van der Waals surface area contributed by atoms with Gasteiger partial charge in [-0.3, -0.25) is 0 Å². The molecule has 1 aliphatic rings. The maximum absolute atomic E-state index is 11.2. The van der Waals surface area contributed by atoms with Crippen molar-refractivity contribution in [2.45, 2.75) is 39.0 Å². The highest BCUT2D eigenvalue weighted by atomic mass is 16.1. The molecule has 0 saturated carbocycles. The van der Waals surface area contributed by atoms with Crippen molar-refractivity contribution < 1.29 is 4.79 Å². The van der Waals surface area contributed by atoms with Gasteiger partial charge in [-0.05, 0) is 32.6 Å². The number of rotatable bonds is 7. The molecule has 1 aromatic heterocycles. The van der Waals surface area contributed by atoms with Crippen molar-refractivity contribution in [2.75, 3.05) is 18.0 Å². The van der Waals surface area contributed by atoms with Crippen LogP contribution in [0.5, 0.6) is 0 Å². The second-order valence-electron chi connectivity index (χ2n) is 7.67. The quantitative estimate of drug-likeness (QED) is 0.516. The molecule has 0 amide bonds. The minimum absolute atomic E-state index is 0.266. The molecular formula is C25H27N3O. The second-order valence-corrected chi connectivity index (χ2v) is 7.67. The molecule has 4 nitrogen and oxygen atoms in total. The Morgan fingerprint density at radius 3 is 2.14 bits per heavy atom. The van der Waals surface area contributed by atoms with Gasteiger partial charge in [0, 0.05) is 30.6 Å². The largest absolute Gasteiger partial charge is 0.355 e. The molecule has 4 rings (SSSR count). The average molecular weight is 386 g/mol. The van der Waals surface area contributed by atoms with Gasteiger partial charge in [-0.2, -0.15) is 0 Å². The molecule has 0 unspecified atom stereocenters. The smallest absolute Gasteiger partial charge is 0.151 e. The minimum atomic E-state index is 0.266. The van der Waals surface area contributed by atoms with E-state index in [1.165, 1.54) is 0 Å². The Morgan fingerprint density at radius 2 is 1.52 bits per heavy atom. The number of nitrogens with zero attached hydrogens (tertiary/aromatic N) is 3. The number of unbranched alkanes of at least 4 members (excludes halogenated alkanes) is 1. The monoisotopic (exact) mass is 385 g/mol. The molecule has 1 aliphatic heterocycles. The molecule has 0 radical (unpaired) electrons. The number of fused-ring (bicyclic) bond motifs is 1. The van der Waals surface area contributed by atoms with E-state index in [9.17, 15) is 4.79 Å². The van der Waals surface area contributed by atoms with Gasteiger partial charge >= 0.3 is 0 Å². The fourth-order valence-corrected chi connectivity index (χ4v) is 3.91. The highest BCUT2D eigenvalue weighted by Crippen LogP contribution is 2.34. The van der Waals surface area contributed by atoms with Crippen LogP contribution in [0.15, 0.2) is 60.7 Å². The number of carbonyl (C=O) groups is 1. The SMILES string of the molecule is CC(=O)CCCCN1CCCc2nc(-c3ccccc3)c(-c3ccccc3)nc21. The first kappa shape index (κ1) is 19.3. The lowest BCUT2D eigenvalue weighted by Gasteiger charge is -2.30. The van der Waals surface area contributed by atoms with Crippen LogP contribution in [-0.2, 0) is 11.2 Å². The van der Waals surface area contributed by atoms with Crippen molar-refractivity contribution in [3.63, 3.8) is 0 Å². The van der Waals surface area contributed by atoms with E-state index in [1.807, 2.05) is 36.4 Å². The molecule has 29 heavy (non-hydrogen) atoms. The molecule has 0 atom stereocenters. The van der Waals surface area contributed by atoms with Gasteiger partial charge in [0.05, 0.1) is 17.1 Å². The van der Waals surface area contributed by atoms with E-state index in [2.05, 4.69) is 29.2 Å². The van der Waals surface area contributed by atoms with Crippen LogP contribution in [0.25, 0.3) is 22.5 Å². The van der Waals surface area contributed by atoms with Crippen LogP contribution in [0.3, 0.4) is 0 Å². The van der Waals surface area contributed by atoms with E-state index in [0.717, 1.165) is 72.8 Å². The minimum Gasteiger partial charge on any atom is -0.355 e. The molecule has 2 heterocycles. The maximum atomic E-state index is 11.2. The van der Waals surface area contributed by atoms with Crippen molar-refractivity contribution in [3.05, 3.63) is 66.4 Å². The summed E-state index contributed by atoms with van der Waals surface area (Å²) in [6.07, 6.45) is 4.65. The van der Waals surface area contributed by atoms with Crippen LogP contribution in [0.1, 0.15) is 38.3 Å². The molecule has 0 fully saturated rings. The van der Waals surface area contributed by atoms with Crippen LogP contribution < -0.4 is 4.90 Å². The molecule has 3 aromatic rings. The van der Waals surface area contributed by atoms with E-state index in [1.54, 1.807) is 6.92 Å². The molecule has 0 bridgehead atoms. The highest BCUT2D eigenvalue weighted by Gasteiger charge is 2.23. The third-order valence-corrected chi connectivity index (χ3v) is 5.39. The summed E-state index contributed by atoms with van der Waals surface area (Å²) in [5.41, 5.74) is 5.16. The summed E-state index contributed by atoms with van der Waals surface area (Å²) >= 11 is 0. The number of benzene rings is 2. The zero-order valence-electron chi connectivity index (χ0n) is 17.0. The Labute approximate surface area is 172 Å². The van der Waals surface area contributed by atoms with Gasteiger partial charge in [-0.1, -0.05) is 60.7 Å². The van der Waals surface area contributed by atoms with Crippen LogP contribution in [0, 0.1) is 0 Å². The summed E-state index contributed by atoms with van der Waals surface area (Å²) in [5, 5.41) is 0. The van der Waals surface area contributed by atoms with Crippen LogP contribution >= 0.6 is 0 Å². The molecule has 0 saturated heterocycles. The lowest BCUT2D eigenvalue weighted by molar-refractivity contribution is -0.117. The van der Waals surface area contributed by atoms with Crippen molar-refractivity contribution in [3.8, 4) is 22.5 Å². The Morgan fingerprint density at radius 1 is 0.897 bits per heavy atom. The predicted octanol–water partition coefficient (Wildman–Crippen LogP) is 5.32. The predicted molar refractivity (Wildman–Crippen MR) is 118 cm³/mol. The first-order valence-corrected chi connectivity index (χ1v) is 10.5. The van der Waals surface area contributed by atoms with Gasteiger partial charge in [-0.15, -0.1) is 0 Å². The zero-order valence-corrected chi connectivity index (χ0v) is 17.0. The highest BCUT2D eigenvalue weighted by molar-refractivity contribution is 5.79. The fraction of sp³-hybridized carbons (Fsp3) is 0.320. The Balaban J connectivity index is 1.71. The van der Waals surface area contributed by atoms with Gasteiger partial charge in [0.1, 0.15) is 5.78 Å². The molecular weight excluding hydrogens is 358 g/mol. The number of aryl methyl sites for hydroxylation is 1. The van der Waals surface area contributed by atoms with Crippen molar-refractivity contribution in [1.82, 2.24) is 9.97 Å². The van der Waals surface area contributed by atoms with Crippen molar-refractivity contribution in [2.24, 2.45) is 0 Å². The molecule has 0 N–H and O–H groups in total. The lowest BCUT2D eigenvalue weighted by Crippen LogP contribution is -2.32. The number of hydrogen-bond acceptors (Lipinski definition) is 4. The van der Waals surface area contributed by atoms with Gasteiger partial charge in [0.25, 0.3) is 0 Å². The van der Waals surface area contributed by atoms with E-state index in [4.69, 9.17) is 9.97 Å². The third-order valence-electron chi connectivity index (χ3n) is 5.39. The number of ketones is 1. The molecule has 0 spiro atoms. The summed E-state index contributed by atoms with van der Waals surface area (Å²) in [6.45, 7) is 3.59. The molecule has 0 aliphatic carbocycles. The lowest BCUT2D eigenvalue weighted by atomic mass is 10.0. The van der Waals surface area contributed by atoms with Gasteiger partial charge in [-0.25, -0.2) is 9.97 Å². The van der Waals surface area contributed by atoms with Gasteiger partial charge in [0.2, 0.25) is 0 Å². The van der Waals surface area contributed by atoms with E-state index in [0.29, 0.717) is 6.42 Å². The van der Waals surface area contributed by atoms with Gasteiger partial charge in [0.15, 0.2) is 5.82 Å². The first-order valence-electron chi connectivity index (χ1n) is 10.5. The summed E-state index contributed by atoms with van der Waals surface area (Å²) in [6, 6.07) is 20.6.